The van der Waals surface area contributed by atoms with Gasteiger partial charge in [0.05, 0.1) is 23.5 Å². The van der Waals surface area contributed by atoms with Gasteiger partial charge in [0, 0.05) is 19.3 Å². The summed E-state index contributed by atoms with van der Waals surface area (Å²) in [5.74, 6) is 0.742. The quantitative estimate of drug-likeness (QED) is 0.786. The molecule has 5 heteroatoms. The largest absolute Gasteiger partial charge is 0.396 e. The van der Waals surface area contributed by atoms with Gasteiger partial charge in [-0.25, -0.2) is 4.98 Å². The summed E-state index contributed by atoms with van der Waals surface area (Å²) >= 11 is 0. The van der Waals surface area contributed by atoms with Crippen molar-refractivity contribution in [2.75, 3.05) is 23.7 Å². The third-order valence-electron chi connectivity index (χ3n) is 2.74. The summed E-state index contributed by atoms with van der Waals surface area (Å²) in [6.07, 6.45) is 1.88. The highest BCUT2D eigenvalue weighted by atomic mass is 16.5. The fourth-order valence-electron chi connectivity index (χ4n) is 2.15. The molecule has 17 heavy (non-hydrogen) atoms. The predicted molar refractivity (Wildman–Crippen MR) is 65.6 cm³/mol. The normalized spacial score (nSPS) is 24.4. The minimum atomic E-state index is 0.163. The Kier molecular flexibility index (Phi) is 3.16. The molecule has 1 saturated heterocycles. The average Bonchev–Trinajstić information content (AvgIpc) is 2.27. The van der Waals surface area contributed by atoms with Crippen LogP contribution < -0.4 is 10.6 Å². The van der Waals surface area contributed by atoms with Crippen LogP contribution >= 0.6 is 0 Å². The fraction of sp³-hybridized carbons (Fsp3) is 0.500. The van der Waals surface area contributed by atoms with E-state index in [1.54, 1.807) is 12.3 Å². The van der Waals surface area contributed by atoms with Crippen LogP contribution in [0, 0.1) is 11.3 Å². The maximum Gasteiger partial charge on any atom is 0.152 e. The lowest BCUT2D eigenvalue weighted by Gasteiger charge is -2.36. The molecule has 0 aliphatic carbocycles. The van der Waals surface area contributed by atoms with Crippen LogP contribution in [0.5, 0.6) is 0 Å². The van der Waals surface area contributed by atoms with E-state index >= 15 is 0 Å². The molecule has 1 aromatic heterocycles. The molecule has 2 N–H and O–H groups in total. The van der Waals surface area contributed by atoms with Crippen molar-refractivity contribution >= 4 is 11.5 Å². The Hall–Kier alpha value is -1.80. The van der Waals surface area contributed by atoms with Crippen molar-refractivity contribution in [1.29, 1.82) is 5.26 Å². The number of aromatic nitrogens is 1. The van der Waals surface area contributed by atoms with E-state index < -0.39 is 0 Å². The molecule has 0 unspecified atom stereocenters. The van der Waals surface area contributed by atoms with Crippen LogP contribution in [0.2, 0.25) is 0 Å². The number of pyridine rings is 1. The second-order valence-corrected chi connectivity index (χ2v) is 4.41. The molecular formula is C12H16N4O. The Morgan fingerprint density at radius 2 is 2.12 bits per heavy atom. The smallest absolute Gasteiger partial charge is 0.152 e. The van der Waals surface area contributed by atoms with E-state index in [1.165, 1.54) is 0 Å². The van der Waals surface area contributed by atoms with Gasteiger partial charge in [-0.2, -0.15) is 5.26 Å². The van der Waals surface area contributed by atoms with Crippen molar-refractivity contribution in [3.8, 4) is 6.07 Å². The Morgan fingerprint density at radius 3 is 2.65 bits per heavy atom. The molecule has 2 heterocycles. The lowest BCUT2D eigenvalue weighted by Crippen LogP contribution is -2.46. The Labute approximate surface area is 101 Å². The topological polar surface area (TPSA) is 75.2 Å². The zero-order chi connectivity index (χ0) is 12.4. The van der Waals surface area contributed by atoms with Crippen molar-refractivity contribution in [1.82, 2.24) is 4.98 Å². The van der Waals surface area contributed by atoms with Crippen molar-refractivity contribution in [3.05, 3.63) is 17.8 Å². The third kappa shape index (κ3) is 2.48. The van der Waals surface area contributed by atoms with E-state index in [2.05, 4.69) is 9.88 Å². The molecule has 0 amide bonds. The maximum atomic E-state index is 8.77. The number of hydrogen-bond donors (Lipinski definition) is 1. The minimum absolute atomic E-state index is 0.163. The number of nitrogens with two attached hydrogens (primary N) is 1. The van der Waals surface area contributed by atoms with E-state index in [9.17, 15) is 0 Å². The first-order valence-electron chi connectivity index (χ1n) is 5.66. The van der Waals surface area contributed by atoms with E-state index in [-0.39, 0.29) is 12.2 Å². The summed E-state index contributed by atoms with van der Waals surface area (Å²) in [6.45, 7) is 5.60. The average molecular weight is 232 g/mol. The van der Waals surface area contributed by atoms with Crippen molar-refractivity contribution in [3.63, 3.8) is 0 Å². The van der Waals surface area contributed by atoms with Gasteiger partial charge in [-0.1, -0.05) is 0 Å². The molecule has 1 aromatic rings. The summed E-state index contributed by atoms with van der Waals surface area (Å²) in [5.41, 5.74) is 6.96. The zero-order valence-electron chi connectivity index (χ0n) is 10.1. The van der Waals surface area contributed by atoms with Gasteiger partial charge >= 0.3 is 0 Å². The van der Waals surface area contributed by atoms with E-state index in [1.807, 2.05) is 19.9 Å². The van der Waals surface area contributed by atoms with Crippen LogP contribution in [0.4, 0.5) is 11.5 Å². The molecule has 2 atom stereocenters. The molecule has 0 bridgehead atoms. The third-order valence-corrected chi connectivity index (χ3v) is 2.74. The van der Waals surface area contributed by atoms with Gasteiger partial charge in [-0.3, -0.25) is 0 Å². The monoisotopic (exact) mass is 232 g/mol. The number of morpholine rings is 1. The molecule has 0 saturated carbocycles. The number of nitrogens with zero attached hydrogens (tertiary/aromatic N) is 3. The first-order chi connectivity index (χ1) is 8.10. The van der Waals surface area contributed by atoms with Crippen LogP contribution in [-0.2, 0) is 4.74 Å². The van der Waals surface area contributed by atoms with Gasteiger partial charge in [0.15, 0.2) is 5.82 Å². The summed E-state index contributed by atoms with van der Waals surface area (Å²) in [5, 5.41) is 8.77. The van der Waals surface area contributed by atoms with Gasteiger partial charge in [0.2, 0.25) is 0 Å². The van der Waals surface area contributed by atoms with Gasteiger partial charge in [0.1, 0.15) is 6.07 Å². The number of nitriles is 1. The molecule has 0 radical (unpaired) electrons. The van der Waals surface area contributed by atoms with Crippen molar-refractivity contribution < 1.29 is 4.74 Å². The lowest BCUT2D eigenvalue weighted by molar-refractivity contribution is -0.00540. The highest BCUT2D eigenvalue weighted by Gasteiger charge is 2.24. The van der Waals surface area contributed by atoms with Crippen LogP contribution in [0.15, 0.2) is 12.3 Å². The van der Waals surface area contributed by atoms with Crippen molar-refractivity contribution in [2.24, 2.45) is 0 Å². The first kappa shape index (κ1) is 11.7. The van der Waals surface area contributed by atoms with E-state index in [0.717, 1.165) is 18.9 Å². The van der Waals surface area contributed by atoms with Gasteiger partial charge in [0.25, 0.3) is 0 Å². The van der Waals surface area contributed by atoms with Gasteiger partial charge in [-0.15, -0.1) is 0 Å². The minimum Gasteiger partial charge on any atom is -0.396 e. The number of anilines is 2. The Morgan fingerprint density at radius 1 is 1.47 bits per heavy atom. The van der Waals surface area contributed by atoms with E-state index in [4.69, 9.17) is 15.7 Å². The molecule has 0 aromatic carbocycles. The SMILES string of the molecule is C[C@@H]1CN(c2ncc(C#N)cc2N)C[C@H](C)O1. The molecule has 90 valence electrons. The molecule has 1 aliphatic rings. The number of nitrogen functional groups attached to an aromatic ring is 1. The second kappa shape index (κ2) is 4.60. The molecule has 5 nitrogen and oxygen atoms in total. The molecule has 1 fully saturated rings. The number of ether oxygens (including phenoxy) is 1. The highest BCUT2D eigenvalue weighted by Crippen LogP contribution is 2.24. The molecule has 1 aliphatic heterocycles. The van der Waals surface area contributed by atoms with Gasteiger partial charge in [-0.05, 0) is 19.9 Å². The summed E-state index contributed by atoms with van der Waals surface area (Å²) in [7, 11) is 0. The molecule has 0 spiro atoms. The lowest BCUT2D eigenvalue weighted by atomic mass is 10.2. The highest BCUT2D eigenvalue weighted by molar-refractivity contribution is 5.64. The molecular weight excluding hydrogens is 216 g/mol. The van der Waals surface area contributed by atoms with Crippen molar-refractivity contribution in [2.45, 2.75) is 26.1 Å². The Balaban J connectivity index is 2.25. The van der Waals surface area contributed by atoms with Crippen LogP contribution in [0.1, 0.15) is 19.4 Å². The summed E-state index contributed by atoms with van der Waals surface area (Å²) < 4.78 is 5.66. The summed E-state index contributed by atoms with van der Waals surface area (Å²) in [6, 6.07) is 3.69. The first-order valence-corrected chi connectivity index (χ1v) is 5.66. The predicted octanol–water partition coefficient (Wildman–Crippen LogP) is 1.15. The van der Waals surface area contributed by atoms with Crippen LogP contribution in [0.25, 0.3) is 0 Å². The van der Waals surface area contributed by atoms with Gasteiger partial charge < -0.3 is 15.4 Å². The Bertz CT molecular complexity index is 444. The van der Waals surface area contributed by atoms with Crippen LogP contribution in [0.3, 0.4) is 0 Å². The fourth-order valence-corrected chi connectivity index (χ4v) is 2.15. The standard InChI is InChI=1S/C12H16N4O/c1-8-6-16(7-9(2)17-8)12-11(14)3-10(4-13)5-15-12/h3,5,8-9H,6-7,14H2,1-2H3/t8-,9+. The summed E-state index contributed by atoms with van der Waals surface area (Å²) in [4.78, 5) is 6.37. The van der Waals surface area contributed by atoms with Crippen LogP contribution in [-0.4, -0.2) is 30.3 Å². The second-order valence-electron chi connectivity index (χ2n) is 4.41. The molecule has 2 rings (SSSR count). The number of rotatable bonds is 1. The van der Waals surface area contributed by atoms with E-state index in [0.29, 0.717) is 11.3 Å². The number of hydrogen-bond acceptors (Lipinski definition) is 5. The zero-order valence-corrected chi connectivity index (χ0v) is 10.1. The maximum absolute atomic E-state index is 8.77.